The highest BCUT2D eigenvalue weighted by atomic mass is 28.4. The van der Waals surface area contributed by atoms with Gasteiger partial charge in [0.1, 0.15) is 23.0 Å². The summed E-state index contributed by atoms with van der Waals surface area (Å²) < 4.78 is 96.2. The molecule has 0 spiro atoms. The van der Waals surface area contributed by atoms with Crippen LogP contribution in [-0.2, 0) is 53.1 Å². The second-order valence-electron chi connectivity index (χ2n) is 21.6. The number of carbonyl (C=O) groups excluding carboxylic acids is 4. The molecule has 0 aliphatic rings. The minimum absolute atomic E-state index is 0.118. The van der Waals surface area contributed by atoms with Crippen molar-refractivity contribution in [1.29, 1.82) is 0 Å². The van der Waals surface area contributed by atoms with Crippen LogP contribution < -0.4 is 40.2 Å². The quantitative estimate of drug-likeness (QED) is 0.0157. The van der Waals surface area contributed by atoms with Crippen LogP contribution in [0, 0.1) is 0 Å². The summed E-state index contributed by atoms with van der Waals surface area (Å²) in [7, 11) is -11.9. The maximum atomic E-state index is 13.7. The van der Waals surface area contributed by atoms with Crippen LogP contribution >= 0.6 is 0 Å². The van der Waals surface area contributed by atoms with E-state index in [4.69, 9.17) is 72.1 Å². The van der Waals surface area contributed by atoms with Crippen molar-refractivity contribution in [2.75, 3.05) is 105 Å². The number of carbonyl (C=O) groups is 4. The zero-order valence-corrected chi connectivity index (χ0v) is 62.2. The molecule has 4 amide bonds. The molecule has 28 heteroatoms. The molecule has 0 saturated carbocycles. The first-order chi connectivity index (χ1) is 46.5. The Morgan fingerprint density at radius 1 is 0.292 bits per heavy atom. The molecular formula is C68H102N4O20Si4. The monoisotopic (exact) mass is 1410 g/mol. The Kier molecular flexibility index (Phi) is 33.4. The zero-order chi connectivity index (χ0) is 69.4. The molecule has 0 fully saturated rings. The maximum absolute atomic E-state index is 13.7. The first-order valence-corrected chi connectivity index (χ1v) is 41.8. The van der Waals surface area contributed by atoms with Crippen molar-refractivity contribution in [1.82, 2.24) is 21.3 Å². The summed E-state index contributed by atoms with van der Waals surface area (Å²) in [6.45, 7) is 28.8. The number of hydrogen-bond donors (Lipinski definition) is 4. The van der Waals surface area contributed by atoms with E-state index in [1.807, 2.05) is 132 Å². The molecule has 0 aliphatic carbocycles. The van der Waals surface area contributed by atoms with Crippen molar-refractivity contribution < 1.29 is 91.2 Å². The summed E-state index contributed by atoms with van der Waals surface area (Å²) in [6.07, 6.45) is -0.891. The molecule has 0 saturated heterocycles. The summed E-state index contributed by atoms with van der Waals surface area (Å²) in [5.41, 5.74) is 2.67. The Balaban J connectivity index is 1.35. The first-order valence-electron chi connectivity index (χ1n) is 34.0. The molecule has 0 aromatic heterocycles. The molecule has 0 bridgehead atoms. The Morgan fingerprint density at radius 3 is 0.708 bits per heavy atom. The third-order valence-corrected chi connectivity index (χ3v) is 27.6. The van der Waals surface area contributed by atoms with E-state index in [1.165, 1.54) is 12.1 Å². The highest BCUT2D eigenvalue weighted by Gasteiger charge is 2.43. The number of ether oxygens (including phenoxy) is 4. The fourth-order valence-corrected chi connectivity index (χ4v) is 22.0. The lowest BCUT2D eigenvalue weighted by atomic mass is 9.87. The minimum atomic E-state index is -2.97. The third kappa shape index (κ3) is 23.0. The van der Waals surface area contributed by atoms with Crippen LogP contribution in [0.2, 0.25) is 24.2 Å². The number of amides is 4. The number of hydrogen-bond acceptors (Lipinski definition) is 20. The fraction of sp³-hybridized carbons (Fsp3) is 0.529. The van der Waals surface area contributed by atoms with Gasteiger partial charge in [0.25, 0.3) is 0 Å². The van der Waals surface area contributed by atoms with Crippen molar-refractivity contribution in [2.24, 2.45) is 0 Å². The summed E-state index contributed by atoms with van der Waals surface area (Å²) in [6, 6.07) is 28.0. The second kappa shape index (κ2) is 40.7. The van der Waals surface area contributed by atoms with E-state index in [0.29, 0.717) is 140 Å². The fourth-order valence-electron chi connectivity index (χ4n) is 11.6. The molecule has 530 valence electrons. The van der Waals surface area contributed by atoms with Gasteiger partial charge in [-0.2, -0.15) is 0 Å². The van der Waals surface area contributed by atoms with Gasteiger partial charge in [0, 0.05) is 142 Å². The number of nitrogens with one attached hydrogen (secondary N) is 4. The summed E-state index contributed by atoms with van der Waals surface area (Å²) in [4.78, 5) is 54.7. The first kappa shape index (κ1) is 78.8. The zero-order valence-electron chi connectivity index (χ0n) is 58.2. The molecule has 6 rings (SSSR count). The lowest BCUT2D eigenvalue weighted by Gasteiger charge is -2.28. The van der Waals surface area contributed by atoms with E-state index >= 15 is 0 Å². The second-order valence-corrected chi connectivity index (χ2v) is 32.6. The Hall–Kier alpha value is -6.17. The van der Waals surface area contributed by atoms with E-state index in [1.54, 1.807) is 24.3 Å². The average molecular weight is 1410 g/mol. The Morgan fingerprint density at radius 2 is 0.500 bits per heavy atom. The van der Waals surface area contributed by atoms with E-state index in [9.17, 15) is 19.2 Å². The molecule has 0 unspecified atom stereocenters. The van der Waals surface area contributed by atoms with Gasteiger partial charge in [0.15, 0.2) is 0 Å². The van der Waals surface area contributed by atoms with E-state index in [-0.39, 0.29) is 49.2 Å². The summed E-state index contributed by atoms with van der Waals surface area (Å²) >= 11 is 0. The third-order valence-electron chi connectivity index (χ3n) is 15.0. The SMILES string of the molecule is CCO[Si](CCCNC(=O)Oc1cc(OC(=O)NCCC[Si](OCC)(OCC)OCC)cc(-c2ccc3ccc4c(-c5cc(OC(=O)NCCC[Si](OCC)(OCC)OCC)cc(OC(=O)NCCC[Si](OCC)(OCC)OCC)c5)ccc5ccc2c3c54)c1)(OCC)OCC. The van der Waals surface area contributed by atoms with Gasteiger partial charge in [0.2, 0.25) is 0 Å². The highest BCUT2D eigenvalue weighted by molar-refractivity contribution is 6.62. The Bertz CT molecular complexity index is 2950. The van der Waals surface area contributed by atoms with Crippen LogP contribution in [0.15, 0.2) is 84.9 Å². The molecule has 4 N–H and O–H groups in total. The van der Waals surface area contributed by atoms with Crippen molar-refractivity contribution in [3.8, 4) is 45.3 Å². The van der Waals surface area contributed by atoms with Crippen LogP contribution in [0.1, 0.15) is 109 Å². The van der Waals surface area contributed by atoms with Gasteiger partial charge in [-0.15, -0.1) is 0 Å². The van der Waals surface area contributed by atoms with E-state index in [0.717, 1.165) is 43.4 Å². The standard InChI is InChI=1S/C68H102N4O20Si4/c1-13-77-93(78-14-2,79-15-3)41-25-37-69-65(73)89-55-45-53(46-56(49-55)90-66(74)70-38-26-42-94(80-16-4,81-17-5)82-18-6)59-33-29-51-32-36-62-60(34-30-52-31-35-61(59)63(51)64(52)62)54-47-57(91-67(75)71-39-27-43-95(83-19-7,84-20-8)85-21-9)50-58(48-54)92-68(76)72-40-28-44-96(86-22-10,87-23-11)88-24-12/h29-36,45-50H,13-28,37-44H2,1-12H3,(H,69,73)(H,70,74)(H,71,75)(H,72,76). The molecule has 6 aromatic rings. The molecule has 0 aliphatic heterocycles. The maximum Gasteiger partial charge on any atom is 0.500 e. The van der Waals surface area contributed by atoms with Gasteiger partial charge in [0.05, 0.1) is 0 Å². The van der Waals surface area contributed by atoms with Gasteiger partial charge < -0.3 is 93.3 Å². The summed E-state index contributed by atoms with van der Waals surface area (Å²) in [5, 5.41) is 16.8. The van der Waals surface area contributed by atoms with Gasteiger partial charge in [-0.25, -0.2) is 19.2 Å². The Labute approximate surface area is 570 Å². The van der Waals surface area contributed by atoms with Crippen molar-refractivity contribution in [3.05, 3.63) is 84.9 Å². The van der Waals surface area contributed by atoms with Gasteiger partial charge in [-0.3, -0.25) is 0 Å². The normalized spacial score (nSPS) is 12.2. The van der Waals surface area contributed by atoms with Crippen molar-refractivity contribution >= 4 is 91.9 Å². The highest BCUT2D eigenvalue weighted by Crippen LogP contribution is 2.44. The molecule has 96 heavy (non-hydrogen) atoms. The van der Waals surface area contributed by atoms with Crippen LogP contribution in [0.3, 0.4) is 0 Å². The van der Waals surface area contributed by atoms with Gasteiger partial charge >= 0.3 is 59.6 Å². The number of benzene rings is 6. The largest absolute Gasteiger partial charge is 0.500 e. The summed E-state index contributed by atoms with van der Waals surface area (Å²) in [5.74, 6) is 0.473. The minimum Gasteiger partial charge on any atom is -0.410 e. The van der Waals surface area contributed by atoms with E-state index < -0.39 is 59.6 Å². The molecule has 0 atom stereocenters. The average Bonchev–Trinajstić information content (AvgIpc) is 0.728. The molecular weight excluding hydrogens is 1310 g/mol. The van der Waals surface area contributed by atoms with Crippen molar-refractivity contribution in [2.45, 2.75) is 133 Å². The predicted molar refractivity (Wildman–Crippen MR) is 377 cm³/mol. The van der Waals surface area contributed by atoms with Crippen LogP contribution in [0.5, 0.6) is 23.0 Å². The van der Waals surface area contributed by atoms with Crippen LogP contribution in [0.4, 0.5) is 19.2 Å². The molecule has 6 aromatic carbocycles. The van der Waals surface area contributed by atoms with Gasteiger partial charge in [-0.1, -0.05) is 48.5 Å². The smallest absolute Gasteiger partial charge is 0.410 e. The number of rotatable bonds is 46. The van der Waals surface area contributed by atoms with E-state index in [2.05, 4.69) is 21.3 Å². The van der Waals surface area contributed by atoms with Crippen LogP contribution in [0.25, 0.3) is 54.6 Å². The molecule has 0 radical (unpaired) electrons. The predicted octanol–water partition coefficient (Wildman–Crippen LogP) is 14.0. The lowest BCUT2D eigenvalue weighted by Crippen LogP contribution is -2.46. The molecule has 24 nitrogen and oxygen atoms in total. The molecule has 0 heterocycles. The van der Waals surface area contributed by atoms with Crippen LogP contribution in [-0.4, -0.2) is 165 Å². The van der Waals surface area contributed by atoms with Crippen molar-refractivity contribution in [3.63, 3.8) is 0 Å². The lowest BCUT2D eigenvalue weighted by molar-refractivity contribution is 0.0700. The topological polar surface area (TPSA) is 264 Å². The van der Waals surface area contributed by atoms with Gasteiger partial charge in [-0.05, 0) is 188 Å².